The number of ketones is 1. The number of carbonyl (C=O) groups excluding carboxylic acids is 1. The van der Waals surface area contributed by atoms with Gasteiger partial charge in [-0.25, -0.2) is 0 Å². The minimum atomic E-state index is 0.125. The number of para-hydroxylation sites is 1. The number of pyridine rings is 1. The summed E-state index contributed by atoms with van der Waals surface area (Å²) in [5.74, 6) is 0.125. The summed E-state index contributed by atoms with van der Waals surface area (Å²) in [5.41, 5.74) is 5.18. The summed E-state index contributed by atoms with van der Waals surface area (Å²) in [4.78, 5) is 13.4. The fourth-order valence-electron chi connectivity index (χ4n) is 3.68. The highest BCUT2D eigenvalue weighted by Crippen LogP contribution is 2.33. The van der Waals surface area contributed by atoms with Gasteiger partial charge in [-0.15, -0.1) is 0 Å². The first kappa shape index (κ1) is 17.2. The van der Waals surface area contributed by atoms with E-state index in [0.717, 1.165) is 34.1 Å². The molecule has 0 fully saturated rings. The predicted molar refractivity (Wildman–Crippen MR) is 109 cm³/mol. The van der Waals surface area contributed by atoms with Crippen LogP contribution in [0.1, 0.15) is 22.8 Å². The Morgan fingerprint density at radius 1 is 0.926 bits per heavy atom. The van der Waals surface area contributed by atoms with Crippen LogP contribution in [0.15, 0.2) is 79.1 Å². The van der Waals surface area contributed by atoms with Crippen molar-refractivity contribution in [1.29, 1.82) is 0 Å². The van der Waals surface area contributed by atoms with Gasteiger partial charge in [-0.2, -0.15) is 4.57 Å². The normalized spacial score (nSPS) is 11.0. The zero-order valence-electron chi connectivity index (χ0n) is 15.7. The molecule has 3 nitrogen and oxygen atoms in total. The van der Waals surface area contributed by atoms with Gasteiger partial charge in [-0.05, 0) is 23.6 Å². The van der Waals surface area contributed by atoms with E-state index in [2.05, 4.69) is 41.8 Å². The molecule has 4 aromatic rings. The van der Waals surface area contributed by atoms with E-state index in [-0.39, 0.29) is 5.78 Å². The zero-order valence-corrected chi connectivity index (χ0v) is 15.7. The lowest BCUT2D eigenvalue weighted by molar-refractivity contribution is -0.683. The number of fused-ring (bicyclic) bond motifs is 1. The van der Waals surface area contributed by atoms with Crippen LogP contribution in [0.3, 0.4) is 0 Å². The molecule has 0 radical (unpaired) electrons. The average Bonchev–Trinajstić information content (AvgIpc) is 3.02. The van der Waals surface area contributed by atoms with Crippen molar-refractivity contribution < 1.29 is 9.36 Å². The Hall–Kier alpha value is -3.20. The summed E-state index contributed by atoms with van der Waals surface area (Å²) in [5, 5.41) is 1.01. The SMILES string of the molecule is CCc1cc[n+](CC(=O)c2c(-c3ccccc3)n(C)c3ccccc23)cc1. The van der Waals surface area contributed by atoms with E-state index < -0.39 is 0 Å². The molecule has 4 rings (SSSR count). The number of nitrogens with zero attached hydrogens (tertiary/aromatic N) is 2. The lowest BCUT2D eigenvalue weighted by Crippen LogP contribution is -2.37. The van der Waals surface area contributed by atoms with E-state index in [1.54, 1.807) is 0 Å². The van der Waals surface area contributed by atoms with Gasteiger partial charge in [0.1, 0.15) is 0 Å². The van der Waals surface area contributed by atoms with Crippen molar-refractivity contribution in [2.45, 2.75) is 19.9 Å². The molecule has 0 saturated heterocycles. The molecule has 0 bridgehead atoms. The van der Waals surface area contributed by atoms with Crippen LogP contribution in [0, 0.1) is 0 Å². The lowest BCUT2D eigenvalue weighted by Gasteiger charge is -2.07. The van der Waals surface area contributed by atoms with Gasteiger partial charge in [-0.1, -0.05) is 55.5 Å². The molecule has 27 heavy (non-hydrogen) atoms. The van der Waals surface area contributed by atoms with Gasteiger partial charge in [0.2, 0.25) is 12.3 Å². The Bertz CT molecular complexity index is 1090. The van der Waals surface area contributed by atoms with Gasteiger partial charge in [0.05, 0.1) is 11.3 Å². The molecule has 2 heterocycles. The molecule has 134 valence electrons. The molecule has 0 aliphatic rings. The molecule has 0 atom stereocenters. The second-order valence-electron chi connectivity index (χ2n) is 6.82. The Labute approximate surface area is 159 Å². The molecule has 0 spiro atoms. The van der Waals surface area contributed by atoms with Crippen LogP contribution < -0.4 is 4.57 Å². The van der Waals surface area contributed by atoms with E-state index in [0.29, 0.717) is 6.54 Å². The second kappa shape index (κ2) is 7.20. The van der Waals surface area contributed by atoms with Crippen LogP contribution in [0.2, 0.25) is 0 Å². The van der Waals surface area contributed by atoms with Crippen LogP contribution in [-0.2, 0) is 20.0 Å². The number of rotatable bonds is 5. The van der Waals surface area contributed by atoms with Gasteiger partial charge >= 0.3 is 0 Å². The zero-order chi connectivity index (χ0) is 18.8. The molecule has 0 aliphatic carbocycles. The molecular formula is C24H23N2O+. The number of hydrogen-bond donors (Lipinski definition) is 0. The van der Waals surface area contributed by atoms with E-state index in [1.807, 2.05) is 60.4 Å². The molecule has 0 amide bonds. The monoisotopic (exact) mass is 355 g/mol. The van der Waals surface area contributed by atoms with Crippen molar-refractivity contribution in [3.8, 4) is 11.3 Å². The van der Waals surface area contributed by atoms with Crippen molar-refractivity contribution in [2.75, 3.05) is 0 Å². The molecule has 3 heteroatoms. The van der Waals surface area contributed by atoms with Gasteiger partial charge in [0.25, 0.3) is 0 Å². The lowest BCUT2D eigenvalue weighted by atomic mass is 10.0. The Morgan fingerprint density at radius 2 is 1.59 bits per heavy atom. The van der Waals surface area contributed by atoms with Gasteiger partial charge in [-0.3, -0.25) is 4.79 Å². The largest absolute Gasteiger partial charge is 0.343 e. The van der Waals surface area contributed by atoms with Crippen LogP contribution >= 0.6 is 0 Å². The third-order valence-corrected chi connectivity index (χ3v) is 5.13. The summed E-state index contributed by atoms with van der Waals surface area (Å²) in [7, 11) is 2.03. The van der Waals surface area contributed by atoms with Crippen LogP contribution in [0.4, 0.5) is 0 Å². The summed E-state index contributed by atoms with van der Waals surface area (Å²) in [6, 6.07) is 22.4. The van der Waals surface area contributed by atoms with Gasteiger partial charge in [0, 0.05) is 30.1 Å². The van der Waals surface area contributed by atoms with Crippen molar-refractivity contribution in [3.63, 3.8) is 0 Å². The molecular weight excluding hydrogens is 332 g/mol. The molecule has 2 aromatic heterocycles. The number of benzene rings is 2. The van der Waals surface area contributed by atoms with Crippen molar-refractivity contribution in [1.82, 2.24) is 4.57 Å². The first-order valence-electron chi connectivity index (χ1n) is 9.33. The first-order valence-corrected chi connectivity index (χ1v) is 9.33. The highest BCUT2D eigenvalue weighted by molar-refractivity contribution is 6.13. The van der Waals surface area contributed by atoms with Crippen molar-refractivity contribution in [3.05, 3.63) is 90.3 Å². The topological polar surface area (TPSA) is 25.9 Å². The molecule has 2 aromatic carbocycles. The average molecular weight is 355 g/mol. The van der Waals surface area contributed by atoms with Gasteiger partial charge < -0.3 is 4.57 Å². The second-order valence-corrected chi connectivity index (χ2v) is 6.82. The minimum Gasteiger partial charge on any atom is -0.343 e. The fraction of sp³-hybridized carbons (Fsp3) is 0.167. The molecule has 0 N–H and O–H groups in total. The summed E-state index contributed by atoms with van der Waals surface area (Å²) < 4.78 is 4.08. The van der Waals surface area contributed by atoms with Gasteiger partial charge in [0.15, 0.2) is 12.4 Å². The molecule has 0 unspecified atom stereocenters. The van der Waals surface area contributed by atoms with Crippen LogP contribution in [0.25, 0.3) is 22.2 Å². The Kier molecular flexibility index (Phi) is 4.59. The predicted octanol–water partition coefficient (Wildman–Crippen LogP) is 4.58. The summed E-state index contributed by atoms with van der Waals surface area (Å²) in [6.45, 7) is 2.46. The van der Waals surface area contributed by atoms with E-state index >= 15 is 0 Å². The third-order valence-electron chi connectivity index (χ3n) is 5.13. The minimum absolute atomic E-state index is 0.125. The summed E-state index contributed by atoms with van der Waals surface area (Å²) >= 11 is 0. The number of aromatic nitrogens is 2. The first-order chi connectivity index (χ1) is 13.2. The molecule has 0 saturated carbocycles. The van der Waals surface area contributed by atoms with Crippen LogP contribution in [-0.4, -0.2) is 10.4 Å². The number of hydrogen-bond acceptors (Lipinski definition) is 1. The fourth-order valence-corrected chi connectivity index (χ4v) is 3.68. The maximum atomic E-state index is 13.4. The quantitative estimate of drug-likeness (QED) is 0.380. The highest BCUT2D eigenvalue weighted by Gasteiger charge is 2.24. The summed E-state index contributed by atoms with van der Waals surface area (Å²) in [6.07, 6.45) is 4.98. The maximum absolute atomic E-state index is 13.4. The van der Waals surface area contributed by atoms with Crippen molar-refractivity contribution >= 4 is 16.7 Å². The highest BCUT2D eigenvalue weighted by atomic mass is 16.1. The third kappa shape index (κ3) is 3.17. The van der Waals surface area contributed by atoms with Crippen molar-refractivity contribution in [2.24, 2.45) is 7.05 Å². The van der Waals surface area contributed by atoms with Crippen LogP contribution in [0.5, 0.6) is 0 Å². The maximum Gasteiger partial charge on any atom is 0.230 e. The Balaban J connectivity index is 1.83. The van der Waals surface area contributed by atoms with E-state index in [4.69, 9.17) is 0 Å². The number of aryl methyl sites for hydroxylation is 2. The van der Waals surface area contributed by atoms with E-state index in [9.17, 15) is 4.79 Å². The Morgan fingerprint density at radius 3 is 2.30 bits per heavy atom. The molecule has 0 aliphatic heterocycles. The number of Topliss-reactive ketones (excluding diaryl/α,β-unsaturated/α-hetero) is 1. The number of carbonyl (C=O) groups is 1. The van der Waals surface area contributed by atoms with E-state index in [1.165, 1.54) is 5.56 Å². The smallest absolute Gasteiger partial charge is 0.230 e. The standard InChI is InChI=1S/C24H23N2O/c1-3-18-13-15-26(16-14-18)17-22(27)23-20-11-7-8-12-21(20)25(2)24(23)19-9-5-4-6-10-19/h4-16H,3,17H2,1-2H3/q+1.